The summed E-state index contributed by atoms with van der Waals surface area (Å²) in [5.74, 6) is 0. The van der Waals surface area contributed by atoms with Gasteiger partial charge < -0.3 is 9.51 Å². The lowest BCUT2D eigenvalue weighted by Crippen LogP contribution is -1.93. The Morgan fingerprint density at radius 1 is 1.18 bits per heavy atom. The van der Waals surface area contributed by atoms with Gasteiger partial charge in [0.15, 0.2) is 0 Å². The highest BCUT2D eigenvalue weighted by molar-refractivity contribution is 5.78. The van der Waals surface area contributed by atoms with Gasteiger partial charge in [0.2, 0.25) is 0 Å². The number of nitrogens with zero attached hydrogens (tertiary/aromatic N) is 1. The molecule has 2 aromatic heterocycles. The van der Waals surface area contributed by atoms with Crippen LogP contribution in [0.2, 0.25) is 0 Å². The summed E-state index contributed by atoms with van der Waals surface area (Å²) in [5.41, 5.74) is 3.44. The molecule has 1 aliphatic rings. The van der Waals surface area contributed by atoms with E-state index in [2.05, 4.69) is 22.7 Å². The molecule has 1 atom stereocenters. The molecule has 17 heavy (non-hydrogen) atoms. The van der Waals surface area contributed by atoms with Gasteiger partial charge >= 0.3 is 0 Å². The van der Waals surface area contributed by atoms with Crippen LogP contribution >= 0.6 is 0 Å². The fourth-order valence-electron chi connectivity index (χ4n) is 2.00. The highest BCUT2D eigenvalue weighted by Gasteiger charge is 2.04. The van der Waals surface area contributed by atoms with E-state index >= 15 is 0 Å². The normalized spacial score (nSPS) is 19.4. The molecule has 2 nitrogen and oxygen atoms in total. The van der Waals surface area contributed by atoms with Crippen molar-refractivity contribution in [3.63, 3.8) is 0 Å². The first kappa shape index (κ1) is 10.1. The van der Waals surface area contributed by atoms with Crippen LogP contribution in [-0.2, 0) is 0 Å². The minimum absolute atomic E-state index is 0.485. The van der Waals surface area contributed by atoms with E-state index in [0.717, 1.165) is 11.1 Å². The Bertz CT molecular complexity index is 598. The fourth-order valence-corrected chi connectivity index (χ4v) is 2.00. The molecule has 0 amide bonds. The van der Waals surface area contributed by atoms with Crippen LogP contribution in [-0.4, -0.2) is 15.6 Å². The number of fused-ring (bicyclic) bond motifs is 1. The zero-order valence-electron chi connectivity index (χ0n) is 9.32. The number of rotatable bonds is 1. The minimum Gasteiger partial charge on any atom is -0.385 e. The van der Waals surface area contributed by atoms with Gasteiger partial charge in [0.1, 0.15) is 0 Å². The molecule has 2 aromatic rings. The van der Waals surface area contributed by atoms with Crippen molar-refractivity contribution in [1.82, 2.24) is 4.40 Å². The first-order valence-corrected chi connectivity index (χ1v) is 5.65. The molecule has 0 aromatic carbocycles. The second kappa shape index (κ2) is 4.07. The van der Waals surface area contributed by atoms with Gasteiger partial charge in [0.05, 0.1) is 6.10 Å². The summed E-state index contributed by atoms with van der Waals surface area (Å²) in [6.45, 7) is 0. The van der Waals surface area contributed by atoms with Gasteiger partial charge in [0, 0.05) is 23.5 Å². The van der Waals surface area contributed by atoms with Crippen molar-refractivity contribution in [3.8, 4) is 0 Å². The van der Waals surface area contributed by atoms with Crippen LogP contribution in [0.5, 0.6) is 0 Å². The molecule has 0 saturated carbocycles. The third-order valence-corrected chi connectivity index (χ3v) is 2.89. The Labute approximate surface area is 99.8 Å². The zero-order valence-corrected chi connectivity index (χ0v) is 9.32. The largest absolute Gasteiger partial charge is 0.385 e. The maximum atomic E-state index is 9.48. The molecule has 2 heterocycles. The average Bonchev–Trinajstić information content (AvgIpc) is 2.65. The number of aromatic nitrogens is 1. The lowest BCUT2D eigenvalue weighted by molar-refractivity contribution is 0.272. The van der Waals surface area contributed by atoms with Crippen LogP contribution in [0, 0.1) is 0 Å². The third kappa shape index (κ3) is 1.95. The zero-order chi connectivity index (χ0) is 11.7. The Hall–Kier alpha value is -2.06. The highest BCUT2D eigenvalue weighted by atomic mass is 16.3. The molecule has 3 rings (SSSR count). The summed E-state index contributed by atoms with van der Waals surface area (Å²) in [6, 6.07) is 8.26. The van der Waals surface area contributed by atoms with E-state index in [1.165, 1.54) is 5.52 Å². The van der Waals surface area contributed by atoms with Crippen LogP contribution in [0.15, 0.2) is 67.0 Å². The SMILES string of the molecule is OC1C=CC=C(c2cc3ccccn3c2)C=C1. The molecule has 1 N–H and O–H groups in total. The molecule has 1 aliphatic carbocycles. The van der Waals surface area contributed by atoms with Crippen LogP contribution < -0.4 is 0 Å². The minimum atomic E-state index is -0.485. The van der Waals surface area contributed by atoms with E-state index in [-0.39, 0.29) is 0 Å². The van der Waals surface area contributed by atoms with E-state index in [1.807, 2.05) is 36.6 Å². The van der Waals surface area contributed by atoms with Crippen molar-refractivity contribution in [2.45, 2.75) is 6.10 Å². The van der Waals surface area contributed by atoms with Gasteiger partial charge in [-0.1, -0.05) is 36.4 Å². The summed E-state index contributed by atoms with van der Waals surface area (Å²) >= 11 is 0. The van der Waals surface area contributed by atoms with Gasteiger partial charge in [-0.2, -0.15) is 0 Å². The van der Waals surface area contributed by atoms with Gasteiger partial charge in [-0.05, 0) is 23.8 Å². The Morgan fingerprint density at radius 2 is 2.12 bits per heavy atom. The molecule has 84 valence electrons. The fraction of sp³-hybridized carbons (Fsp3) is 0.0667. The predicted molar refractivity (Wildman–Crippen MR) is 69.7 cm³/mol. The number of hydrogen-bond donors (Lipinski definition) is 1. The summed E-state index contributed by atoms with van der Waals surface area (Å²) < 4.78 is 2.09. The van der Waals surface area contributed by atoms with E-state index < -0.39 is 6.10 Å². The van der Waals surface area contributed by atoms with Gasteiger partial charge in [-0.25, -0.2) is 0 Å². The lowest BCUT2D eigenvalue weighted by Gasteiger charge is -1.96. The molecule has 2 heteroatoms. The smallest absolute Gasteiger partial charge is 0.0908 e. The second-order valence-electron chi connectivity index (χ2n) is 4.12. The number of aliphatic hydroxyl groups is 1. The topological polar surface area (TPSA) is 24.6 Å². The molecule has 0 bridgehead atoms. The molecule has 1 unspecified atom stereocenters. The Balaban J connectivity index is 2.07. The highest BCUT2D eigenvalue weighted by Crippen LogP contribution is 2.21. The molecular weight excluding hydrogens is 210 g/mol. The van der Waals surface area contributed by atoms with Crippen LogP contribution in [0.25, 0.3) is 11.1 Å². The molecule has 0 aliphatic heterocycles. The number of pyridine rings is 1. The monoisotopic (exact) mass is 223 g/mol. The Morgan fingerprint density at radius 3 is 3.00 bits per heavy atom. The number of allylic oxidation sites excluding steroid dienone is 4. The van der Waals surface area contributed by atoms with Crippen molar-refractivity contribution in [2.75, 3.05) is 0 Å². The lowest BCUT2D eigenvalue weighted by atomic mass is 10.1. The van der Waals surface area contributed by atoms with E-state index in [4.69, 9.17) is 0 Å². The third-order valence-electron chi connectivity index (χ3n) is 2.89. The van der Waals surface area contributed by atoms with Gasteiger partial charge in [0.25, 0.3) is 0 Å². The quantitative estimate of drug-likeness (QED) is 0.790. The number of hydrogen-bond acceptors (Lipinski definition) is 1. The van der Waals surface area contributed by atoms with E-state index in [0.29, 0.717) is 0 Å². The van der Waals surface area contributed by atoms with Crippen molar-refractivity contribution in [1.29, 1.82) is 0 Å². The first-order chi connectivity index (χ1) is 8.33. The van der Waals surface area contributed by atoms with E-state index in [9.17, 15) is 5.11 Å². The maximum Gasteiger partial charge on any atom is 0.0908 e. The standard InChI is InChI=1S/C15H13NO/c17-15-6-3-4-12(7-8-15)13-10-14-5-1-2-9-16(14)11-13/h1-11,15,17H. The van der Waals surface area contributed by atoms with E-state index in [1.54, 1.807) is 12.2 Å². The van der Waals surface area contributed by atoms with Crippen LogP contribution in [0.3, 0.4) is 0 Å². The molecular formula is C15H13NO. The summed E-state index contributed by atoms with van der Waals surface area (Å²) in [5, 5.41) is 9.48. The Kier molecular flexibility index (Phi) is 2.42. The van der Waals surface area contributed by atoms with Crippen LogP contribution in [0.1, 0.15) is 5.56 Å². The molecule has 0 fully saturated rings. The predicted octanol–water partition coefficient (Wildman–Crippen LogP) is 2.81. The maximum absolute atomic E-state index is 9.48. The van der Waals surface area contributed by atoms with Crippen molar-refractivity contribution < 1.29 is 5.11 Å². The summed E-state index contributed by atoms with van der Waals surface area (Å²) in [4.78, 5) is 0. The van der Waals surface area contributed by atoms with Crippen LogP contribution in [0.4, 0.5) is 0 Å². The average molecular weight is 223 g/mol. The summed E-state index contributed by atoms with van der Waals surface area (Å²) in [7, 11) is 0. The number of aliphatic hydroxyl groups excluding tert-OH is 1. The molecule has 0 saturated heterocycles. The summed E-state index contributed by atoms with van der Waals surface area (Å²) in [6.07, 6.45) is 13.1. The second-order valence-corrected chi connectivity index (χ2v) is 4.12. The van der Waals surface area contributed by atoms with Crippen molar-refractivity contribution in [2.24, 2.45) is 0 Å². The molecule has 0 radical (unpaired) electrons. The van der Waals surface area contributed by atoms with Crippen molar-refractivity contribution >= 4 is 11.1 Å². The van der Waals surface area contributed by atoms with Crippen molar-refractivity contribution in [3.05, 3.63) is 72.6 Å². The van der Waals surface area contributed by atoms with Gasteiger partial charge in [-0.3, -0.25) is 0 Å². The first-order valence-electron chi connectivity index (χ1n) is 5.65. The molecule has 0 spiro atoms. The van der Waals surface area contributed by atoms with Gasteiger partial charge in [-0.15, -0.1) is 0 Å².